The normalized spacial score (nSPS) is 13.1. The largest absolute Gasteiger partial charge is 0.495 e. The second kappa shape index (κ2) is 9.35. The molecule has 2 aromatic carbocycles. The number of methoxy groups -OCH3 is 1. The van der Waals surface area contributed by atoms with Crippen molar-refractivity contribution in [3.05, 3.63) is 69.5 Å². The number of aromatic nitrogens is 1. The number of hydrogen-bond donors (Lipinski definition) is 3. The summed E-state index contributed by atoms with van der Waals surface area (Å²) in [6, 6.07) is 6.17. The second-order valence-electron chi connectivity index (χ2n) is 7.61. The van der Waals surface area contributed by atoms with E-state index in [1.54, 1.807) is 24.5 Å². The van der Waals surface area contributed by atoms with Gasteiger partial charge in [-0.3, -0.25) is 4.79 Å². The molecule has 0 saturated heterocycles. The summed E-state index contributed by atoms with van der Waals surface area (Å²) < 4.78 is 35.0. The Labute approximate surface area is 182 Å². The summed E-state index contributed by atoms with van der Waals surface area (Å²) in [5.74, 6) is -2.75. The lowest BCUT2D eigenvalue weighted by Crippen LogP contribution is -2.24. The van der Waals surface area contributed by atoms with E-state index in [0.717, 1.165) is 12.1 Å². The fourth-order valence-electron chi connectivity index (χ4n) is 3.48. The number of nitrogens with zero attached hydrogens (tertiary/aromatic N) is 1. The van der Waals surface area contributed by atoms with E-state index in [1.165, 1.54) is 25.4 Å². The molecule has 9 heteroatoms. The number of ether oxygens (including phenoxy) is 1. The molecule has 0 aliphatic carbocycles. The molecule has 3 N–H and O–H groups in total. The van der Waals surface area contributed by atoms with Crippen molar-refractivity contribution in [1.29, 1.82) is 0 Å². The number of aliphatic hydroxyl groups is 1. The molecule has 0 fully saturated rings. The molecule has 2 atom stereocenters. The van der Waals surface area contributed by atoms with Crippen LogP contribution in [-0.4, -0.2) is 34.5 Å². The summed E-state index contributed by atoms with van der Waals surface area (Å²) in [5, 5.41) is 22.0. The predicted molar refractivity (Wildman–Crippen MR) is 116 cm³/mol. The van der Waals surface area contributed by atoms with Gasteiger partial charge in [-0.2, -0.15) is 0 Å². The van der Waals surface area contributed by atoms with Gasteiger partial charge in [0.15, 0.2) is 0 Å². The minimum absolute atomic E-state index is 0.0965. The average molecular weight is 446 g/mol. The van der Waals surface area contributed by atoms with Gasteiger partial charge in [0.25, 0.3) is 0 Å². The number of pyridine rings is 1. The molecule has 2 unspecified atom stereocenters. The molecular weight excluding hydrogens is 422 g/mol. The maximum absolute atomic E-state index is 14.0. The molecule has 0 amide bonds. The quantitative estimate of drug-likeness (QED) is 0.487. The van der Waals surface area contributed by atoms with Crippen molar-refractivity contribution >= 4 is 22.6 Å². The highest BCUT2D eigenvalue weighted by Crippen LogP contribution is 2.32. The van der Waals surface area contributed by atoms with Crippen LogP contribution in [0.4, 0.5) is 14.5 Å². The third-order valence-electron chi connectivity index (χ3n) is 5.65. The Balaban J connectivity index is 2.18. The fourth-order valence-corrected chi connectivity index (χ4v) is 3.48. The molecule has 0 aliphatic heterocycles. The second-order valence-corrected chi connectivity index (χ2v) is 7.61. The molecule has 32 heavy (non-hydrogen) atoms. The first-order chi connectivity index (χ1) is 15.2. The van der Waals surface area contributed by atoms with Crippen LogP contribution in [0, 0.1) is 17.6 Å². The van der Waals surface area contributed by atoms with E-state index >= 15 is 0 Å². The van der Waals surface area contributed by atoms with Crippen molar-refractivity contribution in [1.82, 2.24) is 4.57 Å². The number of carboxylic acids is 1. The Hall–Kier alpha value is -3.46. The van der Waals surface area contributed by atoms with Crippen LogP contribution in [-0.2, 0) is 6.54 Å². The topological polar surface area (TPSA) is 101 Å². The Bertz CT molecular complexity index is 1200. The number of hydrogen-bond acceptors (Lipinski definition) is 5. The smallest absolute Gasteiger partial charge is 0.341 e. The predicted octanol–water partition coefficient (Wildman–Crippen LogP) is 3.79. The summed E-state index contributed by atoms with van der Waals surface area (Å²) >= 11 is 0. The van der Waals surface area contributed by atoms with Gasteiger partial charge in [-0.15, -0.1) is 0 Å². The first kappa shape index (κ1) is 23.2. The third kappa shape index (κ3) is 4.29. The summed E-state index contributed by atoms with van der Waals surface area (Å²) in [5.41, 5.74) is -0.623. The molecule has 0 saturated carbocycles. The minimum Gasteiger partial charge on any atom is -0.495 e. The monoisotopic (exact) mass is 446 g/mol. The van der Waals surface area contributed by atoms with Crippen LogP contribution < -0.4 is 15.5 Å². The standard InChI is InChI=1S/C23H24F2N2O5/c1-12(11-28)13(2)27-10-16(23(30)31)22(29)14-7-19(21(32-3)8-20(14)27)26-9-15-17(24)5-4-6-18(15)25/h4-8,10,12-13,26,28H,9,11H2,1-3H3,(H,30,31). The number of fused-ring (bicyclic) bond motifs is 1. The van der Waals surface area contributed by atoms with Crippen molar-refractivity contribution < 1.29 is 28.5 Å². The molecule has 170 valence electrons. The summed E-state index contributed by atoms with van der Waals surface area (Å²) in [7, 11) is 1.41. The zero-order valence-electron chi connectivity index (χ0n) is 17.9. The molecule has 1 aromatic heterocycles. The Morgan fingerprint density at radius 2 is 1.88 bits per heavy atom. The van der Waals surface area contributed by atoms with Gasteiger partial charge in [0.2, 0.25) is 5.43 Å². The van der Waals surface area contributed by atoms with E-state index in [9.17, 15) is 28.6 Å². The maximum atomic E-state index is 14.0. The van der Waals surface area contributed by atoms with Crippen LogP contribution in [0.25, 0.3) is 10.9 Å². The van der Waals surface area contributed by atoms with Gasteiger partial charge < -0.3 is 24.8 Å². The first-order valence-electron chi connectivity index (χ1n) is 9.97. The van der Waals surface area contributed by atoms with Gasteiger partial charge in [-0.25, -0.2) is 13.6 Å². The highest BCUT2D eigenvalue weighted by atomic mass is 19.1. The molecule has 0 spiro atoms. The molecular formula is C23H24F2N2O5. The number of aliphatic hydroxyl groups excluding tert-OH is 1. The number of carbonyl (C=O) groups is 1. The lowest BCUT2D eigenvalue weighted by Gasteiger charge is -2.25. The van der Waals surface area contributed by atoms with Gasteiger partial charge in [-0.1, -0.05) is 13.0 Å². The maximum Gasteiger partial charge on any atom is 0.341 e. The molecule has 3 rings (SSSR count). The molecule has 7 nitrogen and oxygen atoms in total. The molecule has 3 aromatic rings. The van der Waals surface area contributed by atoms with E-state index in [1.807, 2.05) is 0 Å². The van der Waals surface area contributed by atoms with E-state index < -0.39 is 28.6 Å². The van der Waals surface area contributed by atoms with Crippen molar-refractivity contribution in [2.24, 2.45) is 5.92 Å². The zero-order chi connectivity index (χ0) is 23.6. The zero-order valence-corrected chi connectivity index (χ0v) is 17.9. The first-order valence-corrected chi connectivity index (χ1v) is 9.97. The van der Waals surface area contributed by atoms with Gasteiger partial charge in [-0.05, 0) is 31.0 Å². The Morgan fingerprint density at radius 1 is 1.22 bits per heavy atom. The number of aromatic carboxylic acids is 1. The van der Waals surface area contributed by atoms with Crippen molar-refractivity contribution in [3.63, 3.8) is 0 Å². The van der Waals surface area contributed by atoms with Gasteiger partial charge in [0, 0.05) is 42.4 Å². The minimum atomic E-state index is -1.38. The van der Waals surface area contributed by atoms with E-state index in [0.29, 0.717) is 11.3 Å². The number of benzene rings is 2. The van der Waals surface area contributed by atoms with Gasteiger partial charge in [0.05, 0.1) is 18.3 Å². The lowest BCUT2D eigenvalue weighted by atomic mass is 10.0. The number of carboxylic acid groups (broad SMARTS) is 1. The van der Waals surface area contributed by atoms with E-state index in [2.05, 4.69) is 5.32 Å². The van der Waals surface area contributed by atoms with E-state index in [-0.39, 0.29) is 41.7 Å². The number of nitrogens with one attached hydrogen (secondary N) is 1. The number of rotatable bonds is 8. The van der Waals surface area contributed by atoms with E-state index in [4.69, 9.17) is 4.74 Å². The Morgan fingerprint density at radius 3 is 2.44 bits per heavy atom. The van der Waals surface area contributed by atoms with Crippen LogP contribution in [0.15, 0.2) is 41.3 Å². The van der Waals surface area contributed by atoms with Crippen molar-refractivity contribution in [3.8, 4) is 5.75 Å². The molecule has 1 heterocycles. The van der Waals surface area contributed by atoms with Crippen molar-refractivity contribution in [2.75, 3.05) is 19.0 Å². The number of anilines is 1. The number of halogens is 2. The fraction of sp³-hybridized carbons (Fsp3) is 0.304. The van der Waals surface area contributed by atoms with Gasteiger partial charge in [0.1, 0.15) is 22.9 Å². The highest BCUT2D eigenvalue weighted by Gasteiger charge is 2.22. The summed E-state index contributed by atoms with van der Waals surface area (Å²) in [6.07, 6.45) is 1.26. The van der Waals surface area contributed by atoms with Gasteiger partial charge >= 0.3 is 5.97 Å². The van der Waals surface area contributed by atoms with Crippen LogP contribution in [0.5, 0.6) is 5.75 Å². The summed E-state index contributed by atoms with van der Waals surface area (Å²) in [6.45, 7) is 3.24. The highest BCUT2D eigenvalue weighted by molar-refractivity contribution is 5.94. The molecule has 0 aliphatic rings. The average Bonchev–Trinajstić information content (AvgIpc) is 2.77. The lowest BCUT2D eigenvalue weighted by molar-refractivity contribution is 0.0694. The third-order valence-corrected chi connectivity index (χ3v) is 5.65. The van der Waals surface area contributed by atoms with Crippen LogP contribution in [0.1, 0.15) is 35.8 Å². The van der Waals surface area contributed by atoms with Crippen LogP contribution in [0.3, 0.4) is 0 Å². The summed E-state index contributed by atoms with van der Waals surface area (Å²) in [4.78, 5) is 24.6. The SMILES string of the molecule is COc1cc2c(cc1NCc1c(F)cccc1F)c(=O)c(C(=O)O)cn2C(C)C(C)CO. The Kier molecular flexibility index (Phi) is 6.78. The molecule has 0 radical (unpaired) electrons. The van der Waals surface area contributed by atoms with Crippen LogP contribution in [0.2, 0.25) is 0 Å². The molecule has 0 bridgehead atoms. The van der Waals surface area contributed by atoms with Crippen molar-refractivity contribution in [2.45, 2.75) is 26.4 Å². The van der Waals surface area contributed by atoms with Crippen LogP contribution >= 0.6 is 0 Å².